The number of piperidine rings is 1. The van der Waals surface area contributed by atoms with E-state index >= 15 is 0 Å². The Labute approximate surface area is 109 Å². The van der Waals surface area contributed by atoms with Crippen LogP contribution in [0.15, 0.2) is 0 Å². The van der Waals surface area contributed by atoms with Gasteiger partial charge in [-0.15, -0.1) is 0 Å². The second-order valence-electron chi connectivity index (χ2n) is 5.28. The Kier molecular flexibility index (Phi) is 4.31. The molecule has 18 heavy (non-hydrogen) atoms. The Morgan fingerprint density at radius 1 is 1.50 bits per heavy atom. The molecule has 2 heterocycles. The highest BCUT2D eigenvalue weighted by atomic mass is 32.2. The van der Waals surface area contributed by atoms with Crippen molar-refractivity contribution in [3.8, 4) is 0 Å². The summed E-state index contributed by atoms with van der Waals surface area (Å²) in [6, 6.07) is 0. The highest BCUT2D eigenvalue weighted by Crippen LogP contribution is 2.41. The first-order valence-electron chi connectivity index (χ1n) is 6.62. The number of rotatable bonds is 4. The van der Waals surface area contributed by atoms with Gasteiger partial charge in [-0.25, -0.2) is 12.7 Å². The molecule has 0 unspecified atom stereocenters. The van der Waals surface area contributed by atoms with E-state index in [2.05, 4.69) is 0 Å². The number of fused-ring (bicyclic) bond motifs is 1. The van der Waals surface area contributed by atoms with Crippen molar-refractivity contribution in [1.82, 2.24) is 4.31 Å². The minimum Gasteiger partial charge on any atom is -0.384 e. The van der Waals surface area contributed by atoms with Crippen LogP contribution < -0.4 is 0 Å². The van der Waals surface area contributed by atoms with E-state index in [1.165, 1.54) is 0 Å². The molecule has 0 spiro atoms. The van der Waals surface area contributed by atoms with Crippen LogP contribution in [0.2, 0.25) is 0 Å². The van der Waals surface area contributed by atoms with Crippen LogP contribution >= 0.6 is 0 Å². The van der Waals surface area contributed by atoms with Crippen LogP contribution in [0, 0.1) is 5.41 Å². The third-order valence-electron chi connectivity index (χ3n) is 4.14. The predicted molar refractivity (Wildman–Crippen MR) is 68.9 cm³/mol. The van der Waals surface area contributed by atoms with Gasteiger partial charge in [-0.1, -0.05) is 0 Å². The molecule has 106 valence electrons. The normalized spacial score (nSPS) is 34.2. The summed E-state index contributed by atoms with van der Waals surface area (Å²) in [5.41, 5.74) is -0.145. The molecule has 5 nitrogen and oxygen atoms in total. The van der Waals surface area contributed by atoms with E-state index in [-0.39, 0.29) is 17.3 Å². The van der Waals surface area contributed by atoms with Crippen molar-refractivity contribution < 1.29 is 17.9 Å². The lowest BCUT2D eigenvalue weighted by atomic mass is 9.73. The van der Waals surface area contributed by atoms with Crippen molar-refractivity contribution in [3.63, 3.8) is 0 Å². The fourth-order valence-corrected chi connectivity index (χ4v) is 4.37. The number of ether oxygens (including phenoxy) is 2. The van der Waals surface area contributed by atoms with E-state index in [9.17, 15) is 8.42 Å². The quantitative estimate of drug-likeness (QED) is 0.764. The standard InChI is InChI=1S/C12H23NO4S/c1-3-18(14,15)13-7-5-11-12(9-13,10-16-2)6-4-8-17-11/h11H,3-10H2,1-2H3/t11-,12-/m0/s1. The Balaban J connectivity index is 2.19. The van der Waals surface area contributed by atoms with Gasteiger partial charge in [0.15, 0.2) is 0 Å². The zero-order valence-electron chi connectivity index (χ0n) is 11.2. The Morgan fingerprint density at radius 3 is 2.94 bits per heavy atom. The molecule has 0 saturated carbocycles. The van der Waals surface area contributed by atoms with Crippen LogP contribution in [0.25, 0.3) is 0 Å². The molecular weight excluding hydrogens is 254 g/mol. The van der Waals surface area contributed by atoms with Gasteiger partial charge in [0.2, 0.25) is 10.0 Å². The van der Waals surface area contributed by atoms with Crippen LogP contribution in [-0.4, -0.2) is 58.0 Å². The molecule has 0 aliphatic carbocycles. The van der Waals surface area contributed by atoms with E-state index in [0.29, 0.717) is 19.7 Å². The van der Waals surface area contributed by atoms with Gasteiger partial charge in [-0.2, -0.15) is 0 Å². The average molecular weight is 277 g/mol. The molecule has 0 aromatic carbocycles. The van der Waals surface area contributed by atoms with Gasteiger partial charge < -0.3 is 9.47 Å². The summed E-state index contributed by atoms with van der Waals surface area (Å²) in [7, 11) is -1.43. The van der Waals surface area contributed by atoms with Crippen LogP contribution in [0.3, 0.4) is 0 Å². The second-order valence-corrected chi connectivity index (χ2v) is 7.54. The molecule has 2 atom stereocenters. The van der Waals surface area contributed by atoms with Crippen molar-refractivity contribution in [3.05, 3.63) is 0 Å². The molecule has 2 aliphatic heterocycles. The topological polar surface area (TPSA) is 55.8 Å². The summed E-state index contributed by atoms with van der Waals surface area (Å²) < 4.78 is 36.8. The number of sulfonamides is 1. The highest BCUT2D eigenvalue weighted by molar-refractivity contribution is 7.89. The summed E-state index contributed by atoms with van der Waals surface area (Å²) in [6.07, 6.45) is 2.90. The van der Waals surface area contributed by atoms with Crippen molar-refractivity contribution in [2.75, 3.05) is 39.2 Å². The molecule has 0 aromatic heterocycles. The molecule has 2 aliphatic rings. The second kappa shape index (κ2) is 5.45. The van der Waals surface area contributed by atoms with Gasteiger partial charge in [0, 0.05) is 32.2 Å². The zero-order valence-corrected chi connectivity index (χ0v) is 12.0. The van der Waals surface area contributed by atoms with Crippen molar-refractivity contribution in [1.29, 1.82) is 0 Å². The van der Waals surface area contributed by atoms with E-state index in [0.717, 1.165) is 25.9 Å². The number of nitrogens with zero attached hydrogens (tertiary/aromatic N) is 1. The van der Waals surface area contributed by atoms with Crippen LogP contribution in [0.1, 0.15) is 26.2 Å². The first-order valence-corrected chi connectivity index (χ1v) is 8.23. The zero-order chi connectivity index (χ0) is 13.2. The molecular formula is C12H23NO4S. The molecule has 0 radical (unpaired) electrons. The van der Waals surface area contributed by atoms with Crippen LogP contribution in [0.5, 0.6) is 0 Å². The monoisotopic (exact) mass is 277 g/mol. The molecule has 2 fully saturated rings. The SMILES string of the molecule is CCS(=O)(=O)N1CC[C@@H]2OCCC[C@@]2(COC)C1. The Bertz CT molecular complexity index is 380. The van der Waals surface area contributed by atoms with Crippen molar-refractivity contribution >= 4 is 10.0 Å². The molecule has 0 bridgehead atoms. The summed E-state index contributed by atoms with van der Waals surface area (Å²) in [5.74, 6) is 0.168. The van der Waals surface area contributed by atoms with Gasteiger partial charge in [-0.05, 0) is 26.2 Å². The lowest BCUT2D eigenvalue weighted by Crippen LogP contribution is -2.58. The van der Waals surface area contributed by atoms with Crippen molar-refractivity contribution in [2.24, 2.45) is 5.41 Å². The van der Waals surface area contributed by atoms with Crippen LogP contribution in [0.4, 0.5) is 0 Å². The molecule has 0 N–H and O–H groups in total. The maximum atomic E-state index is 12.0. The maximum absolute atomic E-state index is 12.0. The smallest absolute Gasteiger partial charge is 0.213 e. The molecule has 6 heteroatoms. The summed E-state index contributed by atoms with van der Waals surface area (Å²) in [4.78, 5) is 0. The predicted octanol–water partition coefficient (Wildman–Crippen LogP) is 0.854. The van der Waals surface area contributed by atoms with Crippen LogP contribution in [-0.2, 0) is 19.5 Å². The van der Waals surface area contributed by atoms with E-state index in [1.807, 2.05) is 0 Å². The lowest BCUT2D eigenvalue weighted by Gasteiger charge is -2.49. The summed E-state index contributed by atoms with van der Waals surface area (Å²) >= 11 is 0. The van der Waals surface area contributed by atoms with Crippen molar-refractivity contribution in [2.45, 2.75) is 32.3 Å². The fourth-order valence-electron chi connectivity index (χ4n) is 3.17. The number of methoxy groups -OCH3 is 1. The lowest BCUT2D eigenvalue weighted by molar-refractivity contribution is -0.137. The fraction of sp³-hybridized carbons (Fsp3) is 1.00. The van der Waals surface area contributed by atoms with E-state index in [4.69, 9.17) is 9.47 Å². The summed E-state index contributed by atoms with van der Waals surface area (Å²) in [5, 5.41) is 0. The number of hydrogen-bond acceptors (Lipinski definition) is 4. The first kappa shape index (κ1) is 14.2. The average Bonchev–Trinajstić information content (AvgIpc) is 2.38. The molecule has 2 rings (SSSR count). The largest absolute Gasteiger partial charge is 0.384 e. The third kappa shape index (κ3) is 2.57. The summed E-state index contributed by atoms with van der Waals surface area (Å²) in [6.45, 7) is 4.18. The molecule has 0 aromatic rings. The molecule has 2 saturated heterocycles. The Hall–Kier alpha value is -0.170. The third-order valence-corrected chi connectivity index (χ3v) is 5.97. The highest BCUT2D eigenvalue weighted by Gasteiger charge is 2.48. The van der Waals surface area contributed by atoms with Gasteiger partial charge in [0.1, 0.15) is 0 Å². The Morgan fingerprint density at radius 2 is 2.28 bits per heavy atom. The van der Waals surface area contributed by atoms with Gasteiger partial charge >= 0.3 is 0 Å². The van der Waals surface area contributed by atoms with E-state index < -0.39 is 10.0 Å². The van der Waals surface area contributed by atoms with Gasteiger partial charge in [0.25, 0.3) is 0 Å². The minimum absolute atomic E-state index is 0.145. The number of hydrogen-bond donors (Lipinski definition) is 0. The first-order chi connectivity index (χ1) is 8.54. The van der Waals surface area contributed by atoms with Gasteiger partial charge in [-0.3, -0.25) is 0 Å². The van der Waals surface area contributed by atoms with E-state index in [1.54, 1.807) is 18.3 Å². The van der Waals surface area contributed by atoms with Gasteiger partial charge in [0.05, 0.1) is 18.5 Å². The molecule has 0 amide bonds. The maximum Gasteiger partial charge on any atom is 0.213 e. The minimum atomic E-state index is -3.11.